The molecule has 146 valence electrons. The van der Waals surface area contributed by atoms with Crippen molar-refractivity contribution < 1.29 is 14.3 Å². The molecule has 1 N–H and O–H groups in total. The molecular weight excluding hydrogens is 376 g/mol. The molecule has 1 aliphatic heterocycles. The lowest BCUT2D eigenvalue weighted by molar-refractivity contribution is -0.136. The first-order chi connectivity index (χ1) is 13.3. The van der Waals surface area contributed by atoms with Crippen molar-refractivity contribution in [2.45, 2.75) is 33.8 Å². The number of carbonyl (C=O) groups is 2. The molecule has 6 heteroatoms. The smallest absolute Gasteiger partial charge is 0.278 e. The van der Waals surface area contributed by atoms with Gasteiger partial charge in [-0.05, 0) is 63.1 Å². The van der Waals surface area contributed by atoms with Crippen molar-refractivity contribution in [1.82, 2.24) is 4.90 Å². The van der Waals surface area contributed by atoms with Crippen LogP contribution in [0.2, 0.25) is 5.02 Å². The fourth-order valence-electron chi connectivity index (χ4n) is 3.10. The average Bonchev–Trinajstić information content (AvgIpc) is 2.89. The molecule has 2 aromatic rings. The number of ether oxygens (including phenoxy) is 1. The van der Waals surface area contributed by atoms with Crippen molar-refractivity contribution >= 4 is 34.7 Å². The summed E-state index contributed by atoms with van der Waals surface area (Å²) in [5.41, 5.74) is 2.77. The largest absolute Gasteiger partial charge is 0.491 e. The van der Waals surface area contributed by atoms with Crippen LogP contribution >= 0.6 is 11.6 Å². The number of hydrogen-bond donors (Lipinski definition) is 1. The van der Waals surface area contributed by atoms with Gasteiger partial charge in [-0.1, -0.05) is 29.8 Å². The summed E-state index contributed by atoms with van der Waals surface area (Å²) in [6, 6.07) is 12.6. The quantitative estimate of drug-likeness (QED) is 0.719. The predicted octanol–water partition coefficient (Wildman–Crippen LogP) is 4.65. The Bertz CT molecular complexity index is 949. The van der Waals surface area contributed by atoms with Crippen molar-refractivity contribution in [3.05, 3.63) is 64.3 Å². The molecule has 1 aliphatic rings. The summed E-state index contributed by atoms with van der Waals surface area (Å²) in [6.07, 6.45) is 0.0540. The first kappa shape index (κ1) is 20.0. The van der Waals surface area contributed by atoms with E-state index in [1.807, 2.05) is 26.8 Å². The lowest BCUT2D eigenvalue weighted by Crippen LogP contribution is -2.32. The van der Waals surface area contributed by atoms with E-state index < -0.39 is 0 Å². The van der Waals surface area contributed by atoms with Gasteiger partial charge in [-0.15, -0.1) is 0 Å². The second-order valence-corrected chi connectivity index (χ2v) is 7.24. The Kier molecular flexibility index (Phi) is 5.75. The lowest BCUT2D eigenvalue weighted by atomic mass is 10.0. The van der Waals surface area contributed by atoms with E-state index in [4.69, 9.17) is 16.3 Å². The van der Waals surface area contributed by atoms with E-state index in [1.165, 1.54) is 4.90 Å². The molecule has 0 atom stereocenters. The van der Waals surface area contributed by atoms with Gasteiger partial charge in [0.1, 0.15) is 11.4 Å². The number of benzene rings is 2. The van der Waals surface area contributed by atoms with Crippen LogP contribution < -0.4 is 10.1 Å². The molecule has 0 aromatic heterocycles. The summed E-state index contributed by atoms with van der Waals surface area (Å²) >= 11 is 6.20. The molecule has 0 fully saturated rings. The highest BCUT2D eigenvalue weighted by molar-refractivity contribution is 6.36. The molecule has 0 spiro atoms. The highest BCUT2D eigenvalue weighted by atomic mass is 35.5. The molecule has 1 heterocycles. The second kappa shape index (κ2) is 8.07. The summed E-state index contributed by atoms with van der Waals surface area (Å²) in [5.74, 6) is 0.0558. The van der Waals surface area contributed by atoms with E-state index in [-0.39, 0.29) is 23.6 Å². The topological polar surface area (TPSA) is 58.6 Å². The number of imide groups is 1. The van der Waals surface area contributed by atoms with E-state index in [2.05, 4.69) is 5.32 Å². The van der Waals surface area contributed by atoms with Crippen molar-refractivity contribution in [2.75, 3.05) is 11.9 Å². The van der Waals surface area contributed by atoms with Crippen LogP contribution in [0, 0.1) is 6.92 Å². The maximum absolute atomic E-state index is 12.9. The van der Waals surface area contributed by atoms with Crippen LogP contribution in [0.15, 0.2) is 48.2 Å². The van der Waals surface area contributed by atoms with Crippen LogP contribution in [0.4, 0.5) is 5.69 Å². The molecule has 3 rings (SSSR count). The molecule has 0 saturated carbocycles. The molecule has 0 aliphatic carbocycles. The van der Waals surface area contributed by atoms with Gasteiger partial charge in [-0.2, -0.15) is 0 Å². The van der Waals surface area contributed by atoms with Gasteiger partial charge in [0, 0.05) is 17.3 Å². The predicted molar refractivity (Wildman–Crippen MR) is 111 cm³/mol. The summed E-state index contributed by atoms with van der Waals surface area (Å²) < 4.78 is 5.66. The van der Waals surface area contributed by atoms with Gasteiger partial charge >= 0.3 is 0 Å². The molecule has 0 radical (unpaired) electrons. The molecule has 0 bridgehead atoms. The highest BCUT2D eigenvalue weighted by Gasteiger charge is 2.38. The third kappa shape index (κ3) is 3.76. The number of anilines is 1. The molecule has 2 aromatic carbocycles. The maximum atomic E-state index is 12.9. The zero-order valence-corrected chi connectivity index (χ0v) is 17.1. The Hall–Kier alpha value is -2.79. The Balaban J connectivity index is 2.05. The number of nitrogens with zero attached hydrogens (tertiary/aromatic N) is 1. The van der Waals surface area contributed by atoms with Crippen LogP contribution in [0.25, 0.3) is 5.57 Å². The van der Waals surface area contributed by atoms with Crippen LogP contribution in [-0.2, 0) is 9.59 Å². The summed E-state index contributed by atoms with van der Waals surface area (Å²) in [5, 5.41) is 3.73. The monoisotopic (exact) mass is 398 g/mol. The zero-order valence-electron chi connectivity index (χ0n) is 16.4. The number of likely N-dealkylation sites (N-methyl/N-ethyl adjacent to an activating group) is 1. The first-order valence-electron chi connectivity index (χ1n) is 9.23. The van der Waals surface area contributed by atoms with E-state index in [0.717, 1.165) is 5.56 Å². The number of rotatable bonds is 6. The Morgan fingerprint density at radius 3 is 2.36 bits per heavy atom. The molecule has 0 saturated heterocycles. The number of hydrogen-bond acceptors (Lipinski definition) is 4. The summed E-state index contributed by atoms with van der Waals surface area (Å²) in [4.78, 5) is 27.0. The molecule has 28 heavy (non-hydrogen) atoms. The molecule has 2 amide bonds. The fourth-order valence-corrected chi connectivity index (χ4v) is 3.27. The minimum absolute atomic E-state index is 0.0540. The minimum atomic E-state index is -0.343. The zero-order chi connectivity index (χ0) is 20.4. The molecular formula is C22H23ClN2O3. The van der Waals surface area contributed by atoms with Crippen LogP contribution in [0.5, 0.6) is 5.75 Å². The molecule has 0 unspecified atom stereocenters. The van der Waals surface area contributed by atoms with Gasteiger partial charge in [-0.3, -0.25) is 14.5 Å². The number of halogens is 1. The second-order valence-electron chi connectivity index (χ2n) is 6.83. The fraction of sp³-hybridized carbons (Fsp3) is 0.273. The van der Waals surface area contributed by atoms with E-state index in [1.54, 1.807) is 43.3 Å². The highest BCUT2D eigenvalue weighted by Crippen LogP contribution is 2.33. The third-order valence-electron chi connectivity index (χ3n) is 4.53. The van der Waals surface area contributed by atoms with Crippen molar-refractivity contribution in [2.24, 2.45) is 0 Å². The van der Waals surface area contributed by atoms with Crippen molar-refractivity contribution in [3.63, 3.8) is 0 Å². The minimum Gasteiger partial charge on any atom is -0.491 e. The van der Waals surface area contributed by atoms with Crippen LogP contribution in [0.1, 0.15) is 31.9 Å². The summed E-state index contributed by atoms with van der Waals surface area (Å²) in [6.45, 7) is 7.84. The van der Waals surface area contributed by atoms with Crippen LogP contribution in [0.3, 0.4) is 0 Å². The van der Waals surface area contributed by atoms with E-state index >= 15 is 0 Å². The number of nitrogens with one attached hydrogen (secondary N) is 1. The standard InChI is InChI=1S/C22H23ClN2O3/c1-5-25-21(26)19(15-9-11-16(12-10-15)28-13(2)3)20(22(25)27)24-18-8-6-7-17(23)14(18)4/h6-13,24H,5H2,1-4H3. The SMILES string of the molecule is CCN1C(=O)C(Nc2cccc(Cl)c2C)=C(c2ccc(OC(C)C)cc2)C1=O. The maximum Gasteiger partial charge on any atom is 0.278 e. The number of carbonyl (C=O) groups excluding carboxylic acids is 2. The average molecular weight is 399 g/mol. The lowest BCUT2D eigenvalue weighted by Gasteiger charge is -2.13. The van der Waals surface area contributed by atoms with E-state index in [0.29, 0.717) is 34.1 Å². The van der Waals surface area contributed by atoms with E-state index in [9.17, 15) is 9.59 Å². The first-order valence-corrected chi connectivity index (χ1v) is 9.61. The Labute approximate surface area is 169 Å². The normalized spacial score (nSPS) is 14.3. The van der Waals surface area contributed by atoms with Gasteiger partial charge in [-0.25, -0.2) is 0 Å². The van der Waals surface area contributed by atoms with Crippen molar-refractivity contribution in [3.8, 4) is 5.75 Å². The molecule has 5 nitrogen and oxygen atoms in total. The Morgan fingerprint density at radius 1 is 1.07 bits per heavy atom. The van der Waals surface area contributed by atoms with Gasteiger partial charge in [0.05, 0.1) is 11.7 Å². The third-order valence-corrected chi connectivity index (χ3v) is 4.94. The van der Waals surface area contributed by atoms with Gasteiger partial charge < -0.3 is 10.1 Å². The van der Waals surface area contributed by atoms with Crippen molar-refractivity contribution in [1.29, 1.82) is 0 Å². The van der Waals surface area contributed by atoms with Gasteiger partial charge in [0.2, 0.25) is 0 Å². The van der Waals surface area contributed by atoms with Gasteiger partial charge in [0.15, 0.2) is 0 Å². The van der Waals surface area contributed by atoms with Gasteiger partial charge in [0.25, 0.3) is 11.8 Å². The Morgan fingerprint density at radius 2 is 1.75 bits per heavy atom. The van der Waals surface area contributed by atoms with Crippen LogP contribution in [-0.4, -0.2) is 29.4 Å². The number of amides is 2. The summed E-state index contributed by atoms with van der Waals surface area (Å²) in [7, 11) is 0.